The molecule has 3 amide bonds. The number of nitrogens with one attached hydrogen (secondary N) is 1. The molecule has 0 bridgehead atoms. The van der Waals surface area contributed by atoms with E-state index in [1.165, 1.54) is 0 Å². The molecule has 1 aliphatic rings. The number of hydrogen-bond acceptors (Lipinski definition) is 4. The third kappa shape index (κ3) is 6.02. The molecule has 1 heterocycles. The van der Waals surface area contributed by atoms with E-state index in [0.717, 1.165) is 5.56 Å². The molecule has 2 aromatic rings. The van der Waals surface area contributed by atoms with Crippen molar-refractivity contribution in [2.45, 2.75) is 65.3 Å². The number of nitrogens with zero attached hydrogens (tertiary/aromatic N) is 2. The molecule has 7 heteroatoms. The van der Waals surface area contributed by atoms with Crippen molar-refractivity contribution in [1.29, 1.82) is 0 Å². The van der Waals surface area contributed by atoms with E-state index in [4.69, 9.17) is 4.74 Å². The van der Waals surface area contributed by atoms with Crippen molar-refractivity contribution in [2.75, 3.05) is 13.6 Å². The SMILES string of the molecule is CN1C(=O)[C@@](C)(CCCCNC(=O)OCc2ccccc2)N(C(=O)c2ccccc2)[C@H]1C(C)(C)C. The minimum Gasteiger partial charge on any atom is -0.445 e. The molecule has 0 unspecified atom stereocenters. The largest absolute Gasteiger partial charge is 0.445 e. The lowest BCUT2D eigenvalue weighted by molar-refractivity contribution is -0.133. The zero-order valence-corrected chi connectivity index (χ0v) is 21.4. The average molecular weight is 480 g/mol. The molecule has 0 radical (unpaired) electrons. The van der Waals surface area contributed by atoms with E-state index < -0.39 is 11.6 Å². The van der Waals surface area contributed by atoms with Crippen LogP contribution in [0.5, 0.6) is 0 Å². The molecule has 0 aliphatic carbocycles. The molecule has 7 nitrogen and oxygen atoms in total. The zero-order valence-electron chi connectivity index (χ0n) is 21.4. The number of unbranched alkanes of at least 4 members (excludes halogenated alkanes) is 1. The van der Waals surface area contributed by atoms with Gasteiger partial charge >= 0.3 is 6.09 Å². The van der Waals surface area contributed by atoms with Gasteiger partial charge in [-0.25, -0.2) is 4.79 Å². The highest BCUT2D eigenvalue weighted by Gasteiger charge is 2.57. The van der Waals surface area contributed by atoms with Gasteiger partial charge in [-0.05, 0) is 43.9 Å². The van der Waals surface area contributed by atoms with Gasteiger partial charge in [-0.15, -0.1) is 0 Å². The summed E-state index contributed by atoms with van der Waals surface area (Å²) in [6.07, 6.45) is 1.01. The molecule has 2 atom stereocenters. The molecule has 1 N–H and O–H groups in total. The summed E-state index contributed by atoms with van der Waals surface area (Å²) in [5.41, 5.74) is 0.208. The Morgan fingerprint density at radius 2 is 1.60 bits per heavy atom. The van der Waals surface area contributed by atoms with Crippen molar-refractivity contribution < 1.29 is 19.1 Å². The Morgan fingerprint density at radius 1 is 1.00 bits per heavy atom. The fourth-order valence-corrected chi connectivity index (χ4v) is 4.85. The minimum absolute atomic E-state index is 0.0584. The predicted octanol–water partition coefficient (Wildman–Crippen LogP) is 4.83. The first kappa shape index (κ1) is 26.3. The van der Waals surface area contributed by atoms with Crippen LogP contribution >= 0.6 is 0 Å². The maximum absolute atomic E-state index is 13.7. The van der Waals surface area contributed by atoms with Crippen LogP contribution in [0.3, 0.4) is 0 Å². The van der Waals surface area contributed by atoms with Crippen molar-refractivity contribution in [3.63, 3.8) is 0 Å². The highest BCUT2D eigenvalue weighted by molar-refractivity contribution is 6.01. The van der Waals surface area contributed by atoms with Crippen molar-refractivity contribution in [2.24, 2.45) is 5.41 Å². The second kappa shape index (κ2) is 10.9. The number of ether oxygens (including phenoxy) is 1. The summed E-state index contributed by atoms with van der Waals surface area (Å²) < 4.78 is 5.24. The van der Waals surface area contributed by atoms with E-state index in [-0.39, 0.29) is 30.0 Å². The molecule has 1 saturated heterocycles. The molecule has 0 aromatic heterocycles. The van der Waals surface area contributed by atoms with Crippen LogP contribution in [-0.4, -0.2) is 53.0 Å². The summed E-state index contributed by atoms with van der Waals surface area (Å²) in [5.74, 6) is -0.203. The molecule has 2 aromatic carbocycles. The molecule has 0 spiro atoms. The fourth-order valence-electron chi connectivity index (χ4n) is 4.85. The van der Waals surface area contributed by atoms with E-state index >= 15 is 0 Å². The van der Waals surface area contributed by atoms with Gasteiger partial charge in [0.1, 0.15) is 18.3 Å². The minimum atomic E-state index is -0.965. The molecule has 0 saturated carbocycles. The van der Waals surface area contributed by atoms with E-state index in [9.17, 15) is 14.4 Å². The molecule has 3 rings (SSSR count). The van der Waals surface area contributed by atoms with Crippen LogP contribution in [0.4, 0.5) is 4.79 Å². The number of benzene rings is 2. The number of likely N-dealkylation sites (N-methyl/N-ethyl adjacent to an activating group) is 1. The number of carbonyl (C=O) groups excluding carboxylic acids is 3. The predicted molar refractivity (Wildman–Crippen MR) is 136 cm³/mol. The van der Waals surface area contributed by atoms with Crippen molar-refractivity contribution in [1.82, 2.24) is 15.1 Å². The molecule has 35 heavy (non-hydrogen) atoms. The number of alkyl carbamates (subject to hydrolysis) is 1. The van der Waals surface area contributed by atoms with E-state index in [2.05, 4.69) is 5.32 Å². The number of amides is 3. The summed E-state index contributed by atoms with van der Waals surface area (Å²) in [6.45, 7) is 8.65. The Balaban J connectivity index is 1.62. The van der Waals surface area contributed by atoms with E-state index in [1.807, 2.05) is 76.2 Å². The van der Waals surface area contributed by atoms with Crippen molar-refractivity contribution in [3.8, 4) is 0 Å². The van der Waals surface area contributed by atoms with Gasteiger partial charge in [0.15, 0.2) is 0 Å². The Hall–Kier alpha value is -3.35. The van der Waals surface area contributed by atoms with Crippen molar-refractivity contribution in [3.05, 3.63) is 71.8 Å². The Labute approximate surface area is 208 Å². The normalized spacial score (nSPS) is 20.1. The smallest absolute Gasteiger partial charge is 0.407 e. The number of carbonyl (C=O) groups is 3. The van der Waals surface area contributed by atoms with Gasteiger partial charge in [-0.2, -0.15) is 0 Å². The maximum Gasteiger partial charge on any atom is 0.407 e. The second-order valence-electron chi connectivity index (χ2n) is 10.4. The lowest BCUT2D eigenvalue weighted by atomic mass is 9.88. The maximum atomic E-state index is 13.7. The molecular formula is C28H37N3O4. The molecule has 1 fully saturated rings. The topological polar surface area (TPSA) is 79.0 Å². The Kier molecular flexibility index (Phi) is 8.20. The summed E-state index contributed by atoms with van der Waals surface area (Å²) in [7, 11) is 1.78. The standard InChI is InChI=1S/C28H37N3O4/c1-27(2,3)24-30(5)25(33)28(4,31(24)23(32)22-16-10-7-11-17-22)18-12-13-19-29-26(34)35-20-21-14-8-6-9-15-21/h6-11,14-17,24H,12-13,18-20H2,1-5H3,(H,29,34)/t24-,28+/m0/s1. The van der Waals surface area contributed by atoms with E-state index in [1.54, 1.807) is 29.0 Å². The lowest BCUT2D eigenvalue weighted by Crippen LogP contribution is -2.55. The molecular weight excluding hydrogens is 442 g/mol. The summed E-state index contributed by atoms with van der Waals surface area (Å²) in [5, 5.41) is 2.77. The second-order valence-corrected chi connectivity index (χ2v) is 10.4. The van der Waals surface area contributed by atoms with Crippen LogP contribution in [0.2, 0.25) is 0 Å². The van der Waals surface area contributed by atoms with Gasteiger partial charge in [0, 0.05) is 24.6 Å². The zero-order chi connectivity index (χ0) is 25.6. The monoisotopic (exact) mass is 479 g/mol. The fraction of sp³-hybridized carbons (Fsp3) is 0.464. The van der Waals surface area contributed by atoms with Crippen molar-refractivity contribution >= 4 is 17.9 Å². The van der Waals surface area contributed by atoms with Crippen LogP contribution in [-0.2, 0) is 16.1 Å². The molecule has 1 aliphatic heterocycles. The Bertz CT molecular complexity index is 1020. The molecule has 188 valence electrons. The number of hydrogen-bond donors (Lipinski definition) is 1. The highest BCUT2D eigenvalue weighted by atomic mass is 16.5. The van der Waals surface area contributed by atoms with Crippen LogP contribution in [0.1, 0.15) is 62.9 Å². The summed E-state index contributed by atoms with van der Waals surface area (Å²) >= 11 is 0. The first-order valence-electron chi connectivity index (χ1n) is 12.2. The average Bonchev–Trinajstić information content (AvgIpc) is 3.04. The van der Waals surface area contributed by atoms with Crippen LogP contribution in [0.25, 0.3) is 0 Å². The first-order chi connectivity index (χ1) is 16.6. The van der Waals surface area contributed by atoms with Crippen LogP contribution < -0.4 is 5.32 Å². The van der Waals surface area contributed by atoms with E-state index in [0.29, 0.717) is 31.4 Å². The Morgan fingerprint density at radius 3 is 2.20 bits per heavy atom. The van der Waals surface area contributed by atoms with Gasteiger partial charge in [-0.1, -0.05) is 69.3 Å². The van der Waals surface area contributed by atoms with Crippen LogP contribution in [0, 0.1) is 5.41 Å². The van der Waals surface area contributed by atoms with Crippen LogP contribution in [0.15, 0.2) is 60.7 Å². The first-order valence-corrected chi connectivity index (χ1v) is 12.2. The lowest BCUT2D eigenvalue weighted by Gasteiger charge is -2.42. The number of rotatable bonds is 8. The summed E-state index contributed by atoms with van der Waals surface area (Å²) in [6, 6.07) is 18.6. The highest BCUT2D eigenvalue weighted by Crippen LogP contribution is 2.42. The van der Waals surface area contributed by atoms with Gasteiger partial charge in [0.25, 0.3) is 5.91 Å². The third-order valence-corrected chi connectivity index (χ3v) is 6.51. The van der Waals surface area contributed by atoms with Gasteiger partial charge in [0.05, 0.1) is 0 Å². The van der Waals surface area contributed by atoms with Gasteiger partial charge in [0.2, 0.25) is 5.91 Å². The summed E-state index contributed by atoms with van der Waals surface area (Å²) in [4.78, 5) is 42.6. The quantitative estimate of drug-likeness (QED) is 0.550. The van der Waals surface area contributed by atoms with Gasteiger partial charge in [-0.3, -0.25) is 9.59 Å². The van der Waals surface area contributed by atoms with Gasteiger partial charge < -0.3 is 19.9 Å². The third-order valence-electron chi connectivity index (χ3n) is 6.51.